The van der Waals surface area contributed by atoms with E-state index in [4.69, 9.17) is 18.9 Å². The van der Waals surface area contributed by atoms with Crippen LogP contribution in [0.2, 0.25) is 0 Å². The highest BCUT2D eigenvalue weighted by Crippen LogP contribution is 2.34. The van der Waals surface area contributed by atoms with Crippen LogP contribution in [-0.2, 0) is 15.9 Å². The molecule has 0 unspecified atom stereocenters. The Morgan fingerprint density at radius 1 is 1.07 bits per heavy atom. The number of aromatic nitrogens is 2. The lowest BCUT2D eigenvalue weighted by Gasteiger charge is -2.15. The first-order chi connectivity index (χ1) is 14.6. The van der Waals surface area contributed by atoms with Gasteiger partial charge in [-0.05, 0) is 5.56 Å². The molecule has 0 bridgehead atoms. The highest BCUT2D eigenvalue weighted by atomic mass is 16.7. The Morgan fingerprint density at radius 2 is 1.80 bits per heavy atom. The molecule has 3 rings (SSSR count). The van der Waals surface area contributed by atoms with E-state index in [0.29, 0.717) is 18.0 Å². The number of aromatic amines is 1. The van der Waals surface area contributed by atoms with Gasteiger partial charge in [0, 0.05) is 44.5 Å². The first-order valence-electron chi connectivity index (χ1n) is 9.10. The largest absolute Gasteiger partial charge is 0.477 e. The normalized spacial score (nSPS) is 10.6. The molecule has 9 nitrogen and oxygen atoms in total. The molecule has 0 aliphatic heterocycles. The number of aromatic carboxylic acids is 1. The van der Waals surface area contributed by atoms with Gasteiger partial charge in [0.1, 0.15) is 17.1 Å². The van der Waals surface area contributed by atoms with Crippen LogP contribution in [0.1, 0.15) is 21.6 Å². The number of hydrogen-bond acceptors (Lipinski definition) is 7. The predicted molar refractivity (Wildman–Crippen MR) is 110 cm³/mol. The molecular formula is C21H23N3O6. The summed E-state index contributed by atoms with van der Waals surface area (Å²) >= 11 is 0. The predicted octanol–water partition coefficient (Wildman–Crippen LogP) is 3.41. The van der Waals surface area contributed by atoms with E-state index in [9.17, 15) is 9.90 Å². The van der Waals surface area contributed by atoms with Gasteiger partial charge in [-0.25, -0.2) is 4.79 Å². The number of ether oxygens (including phenoxy) is 4. The quantitative estimate of drug-likeness (QED) is 0.410. The zero-order chi connectivity index (χ0) is 21.3. The minimum Gasteiger partial charge on any atom is -0.477 e. The minimum atomic E-state index is -1.16. The zero-order valence-electron chi connectivity index (χ0n) is 16.7. The van der Waals surface area contributed by atoms with Gasteiger partial charge in [-0.3, -0.25) is 5.10 Å². The molecule has 0 saturated heterocycles. The molecule has 1 aromatic heterocycles. The summed E-state index contributed by atoms with van der Waals surface area (Å²) in [4.78, 5) is 11.9. The van der Waals surface area contributed by atoms with Gasteiger partial charge in [0.2, 0.25) is 0 Å². The van der Waals surface area contributed by atoms with Crippen molar-refractivity contribution in [3.05, 3.63) is 65.4 Å². The molecular weight excluding hydrogens is 390 g/mol. The van der Waals surface area contributed by atoms with Crippen molar-refractivity contribution in [2.45, 2.75) is 6.42 Å². The molecule has 0 aliphatic rings. The fourth-order valence-corrected chi connectivity index (χ4v) is 2.83. The average molecular weight is 413 g/mol. The molecule has 1 heterocycles. The van der Waals surface area contributed by atoms with Gasteiger partial charge in [-0.15, -0.1) is 0 Å². The van der Waals surface area contributed by atoms with Gasteiger partial charge in [0.25, 0.3) is 0 Å². The minimum absolute atomic E-state index is 0.000789. The molecule has 0 atom stereocenters. The summed E-state index contributed by atoms with van der Waals surface area (Å²) < 4.78 is 20.7. The van der Waals surface area contributed by atoms with E-state index in [2.05, 4.69) is 15.5 Å². The lowest BCUT2D eigenvalue weighted by Crippen LogP contribution is -2.10. The second-order valence-corrected chi connectivity index (χ2v) is 6.32. The fourth-order valence-electron chi connectivity index (χ4n) is 2.83. The third kappa shape index (κ3) is 5.49. The molecule has 0 saturated carbocycles. The second-order valence-electron chi connectivity index (χ2n) is 6.32. The van der Waals surface area contributed by atoms with Gasteiger partial charge < -0.3 is 29.4 Å². The van der Waals surface area contributed by atoms with Gasteiger partial charge in [0.15, 0.2) is 19.4 Å². The van der Waals surface area contributed by atoms with Crippen LogP contribution in [0.5, 0.6) is 11.5 Å². The highest BCUT2D eigenvalue weighted by molar-refractivity contribution is 5.98. The number of carboxylic acids is 1. The summed E-state index contributed by atoms with van der Waals surface area (Å²) in [7, 11) is 2.94. The standard InChI is InChI=1S/C21H23N3O6/c1-27-12-29-16-10-17(20(21(25)26)18(11-16)30-13-28-2)22-19-9-15(23-24-19)8-14-6-4-3-5-7-14/h3-7,9-11H,8,12-13H2,1-2H3,(H,25,26)(H2,22,23,24). The van der Waals surface area contributed by atoms with E-state index in [0.717, 1.165) is 11.3 Å². The Hall–Kier alpha value is -3.56. The maximum atomic E-state index is 11.9. The lowest BCUT2D eigenvalue weighted by molar-refractivity contribution is 0.0447. The van der Waals surface area contributed by atoms with Crippen LogP contribution in [-0.4, -0.2) is 49.1 Å². The van der Waals surface area contributed by atoms with Crippen LogP contribution in [0, 0.1) is 0 Å². The summed E-state index contributed by atoms with van der Waals surface area (Å²) in [6.07, 6.45) is 0.667. The summed E-state index contributed by atoms with van der Waals surface area (Å²) in [5.74, 6) is -0.233. The second kappa shape index (κ2) is 10.3. The van der Waals surface area contributed by atoms with E-state index in [1.54, 1.807) is 6.07 Å². The summed E-state index contributed by atoms with van der Waals surface area (Å²) in [5.41, 5.74) is 2.21. The fraction of sp³-hybridized carbons (Fsp3) is 0.238. The zero-order valence-corrected chi connectivity index (χ0v) is 16.7. The Bertz CT molecular complexity index is 974. The van der Waals surface area contributed by atoms with Crippen molar-refractivity contribution in [3.8, 4) is 11.5 Å². The van der Waals surface area contributed by atoms with Crippen molar-refractivity contribution in [3.63, 3.8) is 0 Å². The first-order valence-corrected chi connectivity index (χ1v) is 9.10. The number of nitrogens with one attached hydrogen (secondary N) is 2. The molecule has 30 heavy (non-hydrogen) atoms. The monoisotopic (exact) mass is 413 g/mol. The van der Waals surface area contributed by atoms with Crippen molar-refractivity contribution in [1.82, 2.24) is 10.2 Å². The molecule has 2 aromatic carbocycles. The summed E-state index contributed by atoms with van der Waals surface area (Å²) in [6, 6.07) is 14.8. The topological polar surface area (TPSA) is 115 Å². The average Bonchev–Trinajstić information content (AvgIpc) is 3.17. The molecule has 9 heteroatoms. The maximum absolute atomic E-state index is 11.9. The molecule has 3 aromatic rings. The number of hydrogen-bond donors (Lipinski definition) is 3. The van der Waals surface area contributed by atoms with Crippen molar-refractivity contribution in [2.75, 3.05) is 33.1 Å². The first kappa shape index (κ1) is 21.2. The number of nitrogens with zero attached hydrogens (tertiary/aromatic N) is 1. The van der Waals surface area contributed by atoms with Crippen molar-refractivity contribution in [1.29, 1.82) is 0 Å². The van der Waals surface area contributed by atoms with Gasteiger partial charge in [-0.1, -0.05) is 30.3 Å². The van der Waals surface area contributed by atoms with Crippen molar-refractivity contribution >= 4 is 17.5 Å². The number of H-pyrrole nitrogens is 1. The van der Waals surface area contributed by atoms with Gasteiger partial charge in [0.05, 0.1) is 5.69 Å². The number of carboxylic acid groups (broad SMARTS) is 1. The molecule has 158 valence electrons. The van der Waals surface area contributed by atoms with Gasteiger partial charge >= 0.3 is 5.97 Å². The van der Waals surface area contributed by atoms with E-state index < -0.39 is 5.97 Å². The number of carbonyl (C=O) groups is 1. The smallest absolute Gasteiger partial charge is 0.341 e. The summed E-state index contributed by atoms with van der Waals surface area (Å²) in [6.45, 7) is -0.115. The Labute approximate surface area is 173 Å². The van der Waals surface area contributed by atoms with Gasteiger partial charge in [-0.2, -0.15) is 5.10 Å². The molecule has 0 spiro atoms. The number of rotatable bonds is 11. The van der Waals surface area contributed by atoms with Crippen LogP contribution < -0.4 is 14.8 Å². The lowest BCUT2D eigenvalue weighted by atomic mass is 10.1. The van der Waals surface area contributed by atoms with Crippen LogP contribution in [0.4, 0.5) is 11.5 Å². The number of benzene rings is 2. The van der Waals surface area contributed by atoms with E-state index in [1.165, 1.54) is 20.3 Å². The molecule has 0 aliphatic carbocycles. The van der Waals surface area contributed by atoms with Crippen LogP contribution in [0.15, 0.2) is 48.5 Å². The molecule has 0 fully saturated rings. The Kier molecular flexibility index (Phi) is 7.25. The van der Waals surface area contributed by atoms with Crippen LogP contribution >= 0.6 is 0 Å². The molecule has 3 N–H and O–H groups in total. The molecule has 0 radical (unpaired) electrons. The maximum Gasteiger partial charge on any atom is 0.341 e. The third-order valence-corrected chi connectivity index (χ3v) is 4.10. The van der Waals surface area contributed by atoms with Crippen molar-refractivity contribution in [2.24, 2.45) is 0 Å². The Balaban J connectivity index is 1.88. The van der Waals surface area contributed by atoms with Crippen LogP contribution in [0.3, 0.4) is 0 Å². The highest BCUT2D eigenvalue weighted by Gasteiger charge is 2.20. The van der Waals surface area contributed by atoms with E-state index >= 15 is 0 Å². The third-order valence-electron chi connectivity index (χ3n) is 4.10. The van der Waals surface area contributed by atoms with E-state index in [-0.39, 0.29) is 30.6 Å². The summed E-state index contributed by atoms with van der Waals surface area (Å²) in [5, 5.41) is 20.0. The Morgan fingerprint density at radius 3 is 2.50 bits per heavy atom. The van der Waals surface area contributed by atoms with Crippen LogP contribution in [0.25, 0.3) is 0 Å². The molecule has 0 amide bonds. The van der Waals surface area contributed by atoms with Crippen molar-refractivity contribution < 1.29 is 28.8 Å². The number of methoxy groups -OCH3 is 2. The number of anilines is 2. The van der Waals surface area contributed by atoms with E-state index in [1.807, 2.05) is 36.4 Å². The SMILES string of the molecule is COCOc1cc(Nc2cc(Cc3ccccc3)[nH]n2)c(C(=O)O)c(OCOC)c1.